The molecule has 0 saturated heterocycles. The molecule has 0 unspecified atom stereocenters. The second-order valence-electron chi connectivity index (χ2n) is 5.60. The van der Waals surface area contributed by atoms with Gasteiger partial charge in [-0.1, -0.05) is 19.9 Å². The molecule has 0 aromatic carbocycles. The lowest BCUT2D eigenvalue weighted by Crippen LogP contribution is -2.27. The molecule has 2 N–H and O–H groups in total. The number of pyridine rings is 1. The van der Waals surface area contributed by atoms with Crippen molar-refractivity contribution in [3.63, 3.8) is 0 Å². The van der Waals surface area contributed by atoms with Gasteiger partial charge in [0.1, 0.15) is 0 Å². The van der Waals surface area contributed by atoms with E-state index in [1.165, 1.54) is 0 Å². The molecular weight excluding hydrogens is 244 g/mol. The molecule has 1 aromatic heterocycles. The summed E-state index contributed by atoms with van der Waals surface area (Å²) < 4.78 is 0. The van der Waals surface area contributed by atoms with Crippen LogP contribution in [0.1, 0.15) is 25.1 Å². The van der Waals surface area contributed by atoms with Crippen molar-refractivity contribution in [2.45, 2.75) is 27.3 Å². The smallest absolute Gasteiger partial charge is 0.307 e. The number of carbonyl (C=O) groups is 2. The van der Waals surface area contributed by atoms with Crippen LogP contribution >= 0.6 is 0 Å². The van der Waals surface area contributed by atoms with Crippen LogP contribution in [-0.2, 0) is 16.1 Å². The van der Waals surface area contributed by atoms with Crippen molar-refractivity contribution < 1.29 is 14.7 Å². The van der Waals surface area contributed by atoms with Gasteiger partial charge < -0.3 is 10.4 Å². The first kappa shape index (κ1) is 13.5. The number of carbonyl (C=O) groups excluding carboxylic acids is 1. The summed E-state index contributed by atoms with van der Waals surface area (Å²) in [6.45, 7) is 5.88. The van der Waals surface area contributed by atoms with Gasteiger partial charge in [-0.15, -0.1) is 0 Å². The number of rotatable bonds is 4. The highest BCUT2D eigenvalue weighted by molar-refractivity contribution is 5.91. The Morgan fingerprint density at radius 3 is 2.63 bits per heavy atom. The summed E-state index contributed by atoms with van der Waals surface area (Å²) in [5, 5.41) is 11.8. The predicted molar refractivity (Wildman–Crippen MR) is 69.2 cm³/mol. The largest absolute Gasteiger partial charge is 0.481 e. The van der Waals surface area contributed by atoms with Gasteiger partial charge in [0.25, 0.3) is 0 Å². The molecule has 0 aliphatic heterocycles. The average molecular weight is 262 g/mol. The number of amides is 1. The molecular formula is C14H18N2O3. The van der Waals surface area contributed by atoms with E-state index in [4.69, 9.17) is 5.11 Å². The number of carboxylic acid groups (broad SMARTS) is 1. The Hall–Kier alpha value is -1.91. The number of carboxylic acids is 1. The number of aryl methyl sites for hydroxylation is 1. The summed E-state index contributed by atoms with van der Waals surface area (Å²) in [5.41, 5.74) is 1.35. The van der Waals surface area contributed by atoms with Gasteiger partial charge in [-0.2, -0.15) is 0 Å². The molecule has 0 bridgehead atoms. The van der Waals surface area contributed by atoms with Crippen LogP contribution in [0.2, 0.25) is 0 Å². The van der Waals surface area contributed by atoms with Crippen molar-refractivity contribution in [2.75, 3.05) is 0 Å². The lowest BCUT2D eigenvalue weighted by Gasteiger charge is -2.07. The van der Waals surface area contributed by atoms with Gasteiger partial charge in [-0.05, 0) is 24.0 Å². The maximum absolute atomic E-state index is 12.0. The third kappa shape index (κ3) is 2.45. The van der Waals surface area contributed by atoms with Crippen LogP contribution in [0.25, 0.3) is 0 Å². The molecule has 1 amide bonds. The normalized spacial score (nSPS) is 23.7. The Balaban J connectivity index is 1.97. The zero-order valence-electron chi connectivity index (χ0n) is 11.3. The SMILES string of the molecule is Cc1cccnc1CNC(=O)[C@H]1[C@@H](C(=O)O)C1(C)C. The lowest BCUT2D eigenvalue weighted by atomic mass is 10.1. The van der Waals surface area contributed by atoms with E-state index in [2.05, 4.69) is 10.3 Å². The van der Waals surface area contributed by atoms with Crippen molar-refractivity contribution in [1.82, 2.24) is 10.3 Å². The Labute approximate surface area is 112 Å². The van der Waals surface area contributed by atoms with E-state index in [0.29, 0.717) is 6.54 Å². The molecule has 1 aliphatic carbocycles. The summed E-state index contributed by atoms with van der Waals surface area (Å²) in [6, 6.07) is 3.76. The fraction of sp³-hybridized carbons (Fsp3) is 0.500. The molecule has 0 radical (unpaired) electrons. The van der Waals surface area contributed by atoms with Crippen LogP contribution in [0.15, 0.2) is 18.3 Å². The number of nitrogens with zero attached hydrogens (tertiary/aromatic N) is 1. The Kier molecular flexibility index (Phi) is 3.30. The monoisotopic (exact) mass is 262 g/mol. The molecule has 0 spiro atoms. The molecule has 19 heavy (non-hydrogen) atoms. The zero-order valence-corrected chi connectivity index (χ0v) is 11.3. The summed E-state index contributed by atoms with van der Waals surface area (Å²) in [7, 11) is 0. The number of aliphatic carboxylic acids is 1. The first-order valence-electron chi connectivity index (χ1n) is 6.26. The molecule has 5 nitrogen and oxygen atoms in total. The molecule has 1 saturated carbocycles. The second-order valence-corrected chi connectivity index (χ2v) is 5.60. The van der Waals surface area contributed by atoms with Crippen LogP contribution < -0.4 is 5.32 Å². The summed E-state index contributed by atoms with van der Waals surface area (Å²) in [5.74, 6) is -2.15. The van der Waals surface area contributed by atoms with E-state index < -0.39 is 23.2 Å². The Morgan fingerprint density at radius 2 is 2.11 bits per heavy atom. The fourth-order valence-electron chi connectivity index (χ4n) is 2.57. The van der Waals surface area contributed by atoms with E-state index in [1.807, 2.05) is 32.9 Å². The van der Waals surface area contributed by atoms with E-state index in [1.54, 1.807) is 6.20 Å². The van der Waals surface area contributed by atoms with Gasteiger partial charge in [0.15, 0.2) is 0 Å². The number of hydrogen-bond donors (Lipinski definition) is 2. The van der Waals surface area contributed by atoms with Gasteiger partial charge in [0.2, 0.25) is 5.91 Å². The van der Waals surface area contributed by atoms with Crippen LogP contribution in [0.3, 0.4) is 0 Å². The van der Waals surface area contributed by atoms with Gasteiger partial charge in [0, 0.05) is 6.20 Å². The first-order valence-corrected chi connectivity index (χ1v) is 6.26. The van der Waals surface area contributed by atoms with Crippen molar-refractivity contribution in [3.05, 3.63) is 29.6 Å². The quantitative estimate of drug-likeness (QED) is 0.858. The third-order valence-corrected chi connectivity index (χ3v) is 3.92. The second kappa shape index (κ2) is 4.64. The van der Waals surface area contributed by atoms with Crippen molar-refractivity contribution in [2.24, 2.45) is 17.3 Å². The van der Waals surface area contributed by atoms with Gasteiger partial charge >= 0.3 is 5.97 Å². The molecule has 1 aliphatic rings. The molecule has 2 rings (SSSR count). The van der Waals surface area contributed by atoms with Crippen LogP contribution in [0, 0.1) is 24.2 Å². The van der Waals surface area contributed by atoms with Gasteiger partial charge in [-0.25, -0.2) is 0 Å². The molecule has 102 valence electrons. The number of nitrogens with one attached hydrogen (secondary N) is 1. The predicted octanol–water partition coefficient (Wildman–Crippen LogP) is 1.36. The summed E-state index contributed by atoms with van der Waals surface area (Å²) in [6.07, 6.45) is 1.68. The maximum atomic E-state index is 12.0. The first-order chi connectivity index (χ1) is 8.85. The topological polar surface area (TPSA) is 79.3 Å². The van der Waals surface area contributed by atoms with Gasteiger partial charge in [0.05, 0.1) is 24.1 Å². The minimum absolute atomic E-state index is 0.206. The molecule has 1 aromatic rings. The Morgan fingerprint density at radius 1 is 1.42 bits per heavy atom. The highest BCUT2D eigenvalue weighted by Gasteiger charge is 2.65. The minimum atomic E-state index is -0.904. The molecule has 1 fully saturated rings. The summed E-state index contributed by atoms with van der Waals surface area (Å²) in [4.78, 5) is 27.2. The minimum Gasteiger partial charge on any atom is -0.481 e. The average Bonchev–Trinajstić information content (AvgIpc) is 2.91. The molecule has 1 heterocycles. The van der Waals surface area contributed by atoms with Crippen molar-refractivity contribution >= 4 is 11.9 Å². The van der Waals surface area contributed by atoms with Crippen LogP contribution in [0.4, 0.5) is 0 Å². The molecule has 5 heteroatoms. The maximum Gasteiger partial charge on any atom is 0.307 e. The highest BCUT2D eigenvalue weighted by Crippen LogP contribution is 2.58. The van der Waals surface area contributed by atoms with E-state index >= 15 is 0 Å². The van der Waals surface area contributed by atoms with Crippen LogP contribution in [-0.4, -0.2) is 22.0 Å². The van der Waals surface area contributed by atoms with Crippen molar-refractivity contribution in [1.29, 1.82) is 0 Å². The third-order valence-electron chi connectivity index (χ3n) is 3.92. The van der Waals surface area contributed by atoms with Crippen LogP contribution in [0.5, 0.6) is 0 Å². The summed E-state index contributed by atoms with van der Waals surface area (Å²) >= 11 is 0. The Bertz CT molecular complexity index is 525. The number of hydrogen-bond acceptors (Lipinski definition) is 3. The van der Waals surface area contributed by atoms with E-state index in [0.717, 1.165) is 11.3 Å². The van der Waals surface area contributed by atoms with E-state index in [-0.39, 0.29) is 5.91 Å². The van der Waals surface area contributed by atoms with E-state index in [9.17, 15) is 9.59 Å². The van der Waals surface area contributed by atoms with Crippen molar-refractivity contribution in [3.8, 4) is 0 Å². The highest BCUT2D eigenvalue weighted by atomic mass is 16.4. The zero-order chi connectivity index (χ0) is 14.2. The van der Waals surface area contributed by atoms with Gasteiger partial charge in [-0.3, -0.25) is 14.6 Å². The lowest BCUT2D eigenvalue weighted by molar-refractivity contribution is -0.140. The molecule has 2 atom stereocenters. The fourth-order valence-corrected chi connectivity index (χ4v) is 2.57. The number of aromatic nitrogens is 1. The standard InChI is InChI=1S/C14H18N2O3/c1-8-5-4-6-15-9(8)7-16-12(17)10-11(13(18)19)14(10,2)3/h4-6,10-11H,7H2,1-3H3,(H,16,17)(H,18,19)/t10-,11+/m1/s1.